The van der Waals surface area contributed by atoms with Crippen molar-refractivity contribution in [2.45, 2.75) is 61.8 Å². The van der Waals surface area contributed by atoms with E-state index < -0.39 is 16.1 Å². The lowest BCUT2D eigenvalue weighted by molar-refractivity contribution is -0.123. The average molecular weight is 520 g/mol. The fourth-order valence-electron chi connectivity index (χ4n) is 4.69. The minimum atomic E-state index is -3.73. The van der Waals surface area contributed by atoms with Crippen LogP contribution in [0.4, 0.5) is 5.13 Å². The highest BCUT2D eigenvalue weighted by Gasteiger charge is 2.41. The summed E-state index contributed by atoms with van der Waals surface area (Å²) in [4.78, 5) is 20.5. The second-order valence-electron chi connectivity index (χ2n) is 8.80. The fraction of sp³-hybridized carbons (Fsp3) is 0.500. The van der Waals surface area contributed by atoms with E-state index in [1.54, 1.807) is 22.4 Å². The number of benzene rings is 1. The van der Waals surface area contributed by atoms with Gasteiger partial charge in [0.25, 0.3) is 10.0 Å². The molecule has 182 valence electrons. The number of amides is 1. The summed E-state index contributed by atoms with van der Waals surface area (Å²) in [6.07, 6.45) is 4.80. The molecule has 7 nitrogen and oxygen atoms in total. The van der Waals surface area contributed by atoms with Crippen molar-refractivity contribution in [1.29, 1.82) is 0 Å². The van der Waals surface area contributed by atoms with Gasteiger partial charge < -0.3 is 4.74 Å². The molecule has 2 atom stereocenters. The predicted molar refractivity (Wildman–Crippen MR) is 136 cm³/mol. The first kappa shape index (κ1) is 23.9. The Hall–Kier alpha value is -1.85. The molecule has 4 heterocycles. The van der Waals surface area contributed by atoms with Crippen LogP contribution in [0.25, 0.3) is 10.2 Å². The van der Waals surface area contributed by atoms with Gasteiger partial charge in [0.1, 0.15) is 10.3 Å². The standard InChI is InChI=1S/C24H29N3O4S3/c1-2-17-10-11-19-21(15-17)33-24(25-19)26(16-18-7-5-13-31-18)23(28)20-8-3-4-12-27(20)34(29,30)22-9-6-14-32-22/h6,9-11,14-15,18,20H,2-5,7-8,12-13,16H2,1H3. The highest BCUT2D eigenvalue weighted by Crippen LogP contribution is 2.34. The van der Waals surface area contributed by atoms with Crippen LogP contribution in [0.15, 0.2) is 39.9 Å². The zero-order chi connectivity index (χ0) is 23.7. The molecule has 10 heteroatoms. The number of anilines is 1. The summed E-state index contributed by atoms with van der Waals surface area (Å²) in [5.74, 6) is -0.204. The maximum atomic E-state index is 14.0. The third-order valence-electron chi connectivity index (χ3n) is 6.55. The normalized spacial score (nSPS) is 21.8. The monoisotopic (exact) mass is 519 g/mol. The number of ether oxygens (including phenoxy) is 1. The Bertz CT molecular complexity index is 1250. The number of carbonyl (C=O) groups is 1. The van der Waals surface area contributed by atoms with Crippen molar-refractivity contribution in [3.05, 3.63) is 41.3 Å². The number of sulfonamides is 1. The zero-order valence-corrected chi connectivity index (χ0v) is 21.6. The third-order valence-corrected chi connectivity index (χ3v) is 10.9. The van der Waals surface area contributed by atoms with Crippen molar-refractivity contribution in [3.8, 4) is 0 Å². The number of aryl methyl sites for hydroxylation is 1. The van der Waals surface area contributed by atoms with Crippen LogP contribution in [0.1, 0.15) is 44.6 Å². The van der Waals surface area contributed by atoms with E-state index in [1.807, 2.05) is 6.07 Å². The first-order valence-electron chi connectivity index (χ1n) is 11.8. The molecular formula is C24H29N3O4S3. The van der Waals surface area contributed by atoms with Gasteiger partial charge in [0.15, 0.2) is 5.13 Å². The number of nitrogens with zero attached hydrogens (tertiary/aromatic N) is 3. The molecule has 5 rings (SSSR count). The molecule has 2 aromatic heterocycles. The lowest BCUT2D eigenvalue weighted by Gasteiger charge is -2.36. The molecule has 0 aliphatic carbocycles. The molecule has 2 saturated heterocycles. The Kier molecular flexibility index (Phi) is 7.04. The second-order valence-corrected chi connectivity index (χ2v) is 12.9. The van der Waals surface area contributed by atoms with Crippen molar-refractivity contribution < 1.29 is 17.9 Å². The summed E-state index contributed by atoms with van der Waals surface area (Å²) < 4.78 is 35.4. The molecule has 0 saturated carbocycles. The Labute approximate surface area is 208 Å². The van der Waals surface area contributed by atoms with Gasteiger partial charge in [0.05, 0.1) is 22.9 Å². The largest absolute Gasteiger partial charge is 0.376 e. The summed E-state index contributed by atoms with van der Waals surface area (Å²) in [6, 6.07) is 8.79. The fourth-order valence-corrected chi connectivity index (χ4v) is 8.51. The Morgan fingerprint density at radius 2 is 2.12 bits per heavy atom. The minimum Gasteiger partial charge on any atom is -0.376 e. The van der Waals surface area contributed by atoms with Crippen LogP contribution in [0.5, 0.6) is 0 Å². The van der Waals surface area contributed by atoms with Crippen molar-refractivity contribution in [2.24, 2.45) is 0 Å². The molecule has 2 fully saturated rings. The van der Waals surface area contributed by atoms with E-state index in [2.05, 4.69) is 19.1 Å². The number of hydrogen-bond donors (Lipinski definition) is 0. The quantitative estimate of drug-likeness (QED) is 0.453. The molecule has 0 spiro atoms. The predicted octanol–water partition coefficient (Wildman–Crippen LogP) is 4.68. The average Bonchev–Trinajstić information content (AvgIpc) is 3.63. The molecular weight excluding hydrogens is 490 g/mol. The highest BCUT2D eigenvalue weighted by atomic mass is 32.2. The van der Waals surface area contributed by atoms with Crippen LogP contribution in [-0.4, -0.2) is 55.5 Å². The number of hydrogen-bond acceptors (Lipinski definition) is 7. The molecule has 3 aromatic rings. The number of rotatable bonds is 7. The minimum absolute atomic E-state index is 0.0619. The van der Waals surface area contributed by atoms with E-state index in [0.29, 0.717) is 31.2 Å². The van der Waals surface area contributed by atoms with E-state index in [1.165, 1.54) is 32.5 Å². The first-order valence-corrected chi connectivity index (χ1v) is 15.0. The van der Waals surface area contributed by atoms with Crippen LogP contribution in [-0.2, 0) is 26.0 Å². The van der Waals surface area contributed by atoms with E-state index in [-0.39, 0.29) is 16.2 Å². The molecule has 2 unspecified atom stereocenters. The SMILES string of the molecule is CCc1ccc2nc(N(CC3CCCO3)C(=O)C3CCCCN3S(=O)(=O)c3cccs3)sc2c1. The molecule has 34 heavy (non-hydrogen) atoms. The molecule has 1 aromatic carbocycles. The van der Waals surface area contributed by atoms with Crippen LogP contribution in [0, 0.1) is 0 Å². The number of piperidine rings is 1. The van der Waals surface area contributed by atoms with Crippen molar-refractivity contribution >= 4 is 54.0 Å². The highest BCUT2D eigenvalue weighted by molar-refractivity contribution is 7.91. The summed E-state index contributed by atoms with van der Waals surface area (Å²) >= 11 is 2.68. The van der Waals surface area contributed by atoms with E-state index in [9.17, 15) is 13.2 Å². The topological polar surface area (TPSA) is 79.8 Å². The molecule has 0 N–H and O–H groups in total. The van der Waals surface area contributed by atoms with Gasteiger partial charge in [-0.1, -0.05) is 36.8 Å². The number of thiophene rings is 1. The molecule has 2 aliphatic rings. The van der Waals surface area contributed by atoms with Crippen LogP contribution >= 0.6 is 22.7 Å². The molecule has 1 amide bonds. The number of fused-ring (bicyclic) bond motifs is 1. The Morgan fingerprint density at radius 3 is 2.85 bits per heavy atom. The van der Waals surface area contributed by atoms with Gasteiger partial charge in [0.2, 0.25) is 5.91 Å². The number of thiazole rings is 1. The van der Waals surface area contributed by atoms with Gasteiger partial charge in [-0.2, -0.15) is 4.31 Å². The lowest BCUT2D eigenvalue weighted by atomic mass is 10.0. The van der Waals surface area contributed by atoms with Crippen molar-refractivity contribution in [2.75, 3.05) is 24.6 Å². The van der Waals surface area contributed by atoms with Crippen molar-refractivity contribution in [3.63, 3.8) is 0 Å². The van der Waals surface area contributed by atoms with E-state index in [0.717, 1.165) is 42.3 Å². The van der Waals surface area contributed by atoms with Crippen molar-refractivity contribution in [1.82, 2.24) is 9.29 Å². The zero-order valence-electron chi connectivity index (χ0n) is 19.2. The maximum Gasteiger partial charge on any atom is 0.253 e. The van der Waals surface area contributed by atoms with Crippen LogP contribution < -0.4 is 4.90 Å². The first-order chi connectivity index (χ1) is 16.5. The van der Waals surface area contributed by atoms with Gasteiger partial charge in [-0.25, -0.2) is 13.4 Å². The summed E-state index contributed by atoms with van der Waals surface area (Å²) in [6.45, 7) is 3.55. The number of carbonyl (C=O) groups excluding carboxylic acids is 1. The van der Waals surface area contributed by atoms with Gasteiger partial charge >= 0.3 is 0 Å². The van der Waals surface area contributed by atoms with E-state index >= 15 is 0 Å². The lowest BCUT2D eigenvalue weighted by Crippen LogP contribution is -2.54. The maximum absolute atomic E-state index is 14.0. The number of aromatic nitrogens is 1. The summed E-state index contributed by atoms with van der Waals surface area (Å²) in [7, 11) is -3.73. The molecule has 0 bridgehead atoms. The third kappa shape index (κ3) is 4.66. The van der Waals surface area contributed by atoms with Gasteiger partial charge in [-0.3, -0.25) is 9.69 Å². The van der Waals surface area contributed by atoms with E-state index in [4.69, 9.17) is 9.72 Å². The smallest absolute Gasteiger partial charge is 0.253 e. The van der Waals surface area contributed by atoms with Gasteiger partial charge in [0, 0.05) is 13.2 Å². The van der Waals surface area contributed by atoms with Gasteiger partial charge in [-0.05, 0) is 61.2 Å². The Morgan fingerprint density at radius 1 is 1.24 bits per heavy atom. The van der Waals surface area contributed by atoms with Gasteiger partial charge in [-0.15, -0.1) is 11.3 Å². The van der Waals surface area contributed by atoms with Crippen LogP contribution in [0.2, 0.25) is 0 Å². The Balaban J connectivity index is 1.50. The molecule has 0 radical (unpaired) electrons. The summed E-state index contributed by atoms with van der Waals surface area (Å²) in [5, 5.41) is 2.37. The summed E-state index contributed by atoms with van der Waals surface area (Å²) in [5.41, 5.74) is 2.08. The van der Waals surface area contributed by atoms with Crippen LogP contribution in [0.3, 0.4) is 0 Å². The second kappa shape index (κ2) is 10.0. The molecule has 2 aliphatic heterocycles.